The molecule has 7 nitrogen and oxygen atoms in total. The molecule has 8 heteroatoms. The van der Waals surface area contributed by atoms with Gasteiger partial charge in [-0.25, -0.2) is 4.79 Å². The highest BCUT2D eigenvalue weighted by atomic mass is 35.5. The van der Waals surface area contributed by atoms with Crippen molar-refractivity contribution in [3.05, 3.63) is 60.4 Å². The van der Waals surface area contributed by atoms with Gasteiger partial charge in [-0.3, -0.25) is 9.78 Å². The van der Waals surface area contributed by atoms with Crippen molar-refractivity contribution < 1.29 is 9.59 Å². The van der Waals surface area contributed by atoms with Crippen molar-refractivity contribution in [2.75, 3.05) is 38.0 Å². The lowest BCUT2D eigenvalue weighted by Gasteiger charge is -2.40. The van der Waals surface area contributed by atoms with Gasteiger partial charge in [-0.2, -0.15) is 0 Å². The minimum atomic E-state index is -0.164. The van der Waals surface area contributed by atoms with Crippen LogP contribution in [0, 0.1) is 5.92 Å². The Kier molecular flexibility index (Phi) is 7.65. The van der Waals surface area contributed by atoms with Gasteiger partial charge in [-0.05, 0) is 36.6 Å². The molecule has 2 aliphatic heterocycles. The van der Waals surface area contributed by atoms with Crippen LogP contribution in [-0.4, -0.2) is 59.4 Å². The average molecular weight is 430 g/mol. The maximum atomic E-state index is 13.4. The zero-order valence-corrected chi connectivity index (χ0v) is 17.7. The van der Waals surface area contributed by atoms with Gasteiger partial charge in [0.05, 0.1) is 12.0 Å². The van der Waals surface area contributed by atoms with Crippen LogP contribution in [0.25, 0.3) is 0 Å². The van der Waals surface area contributed by atoms with Crippen LogP contribution in [0.4, 0.5) is 10.5 Å². The molecule has 0 spiro atoms. The van der Waals surface area contributed by atoms with Gasteiger partial charge < -0.3 is 20.4 Å². The minimum absolute atomic E-state index is 0. The van der Waals surface area contributed by atoms with E-state index in [4.69, 9.17) is 0 Å². The fourth-order valence-electron chi connectivity index (χ4n) is 4.16. The fourth-order valence-corrected chi connectivity index (χ4v) is 4.16. The first-order valence-electron chi connectivity index (χ1n) is 10.2. The molecule has 2 unspecified atom stereocenters. The number of nitrogens with one attached hydrogen (secondary N) is 2. The zero-order valence-electron chi connectivity index (χ0n) is 16.9. The van der Waals surface area contributed by atoms with Crippen molar-refractivity contribution in [1.82, 2.24) is 20.1 Å². The lowest BCUT2D eigenvalue weighted by molar-refractivity contribution is -0.140. The Balaban J connectivity index is 0.00000256. The third-order valence-electron chi connectivity index (χ3n) is 5.68. The average Bonchev–Trinajstić information content (AvgIpc) is 2.80. The molecule has 0 radical (unpaired) electrons. The summed E-state index contributed by atoms with van der Waals surface area (Å²) in [6.07, 6.45) is 5.23. The number of hydrogen-bond donors (Lipinski definition) is 2. The molecule has 2 fully saturated rings. The first-order chi connectivity index (χ1) is 14.2. The Bertz CT molecular complexity index is 836. The number of hydrogen-bond acceptors (Lipinski definition) is 4. The Labute approximate surface area is 183 Å². The van der Waals surface area contributed by atoms with Gasteiger partial charge >= 0.3 is 6.03 Å². The van der Waals surface area contributed by atoms with E-state index in [9.17, 15) is 9.59 Å². The van der Waals surface area contributed by atoms with Crippen molar-refractivity contribution in [1.29, 1.82) is 0 Å². The lowest BCUT2D eigenvalue weighted by Crippen LogP contribution is -2.53. The number of pyridine rings is 1. The number of likely N-dealkylation sites (tertiary alicyclic amines) is 1. The third-order valence-corrected chi connectivity index (χ3v) is 5.68. The highest BCUT2D eigenvalue weighted by molar-refractivity contribution is 5.90. The second kappa shape index (κ2) is 10.4. The number of urea groups is 1. The maximum absolute atomic E-state index is 13.4. The summed E-state index contributed by atoms with van der Waals surface area (Å²) in [6, 6.07) is 13.2. The number of para-hydroxylation sites is 1. The summed E-state index contributed by atoms with van der Waals surface area (Å²) in [5.41, 5.74) is 1.81. The standard InChI is InChI=1S/C22H27N5O2.ClH/c28-21(27-13-11-24-15-20(27)17-6-4-10-23-14-17)18-7-5-12-26(16-18)22(29)25-19-8-2-1-3-9-19;/h1-4,6,8-10,14,18,20,24H,5,7,11-13,15-16H2,(H,25,29);1H. The van der Waals surface area contributed by atoms with Crippen molar-refractivity contribution in [3.63, 3.8) is 0 Å². The molecular weight excluding hydrogens is 402 g/mol. The normalized spacial score (nSPS) is 21.5. The number of aromatic nitrogens is 1. The Morgan fingerprint density at radius 3 is 2.70 bits per heavy atom. The van der Waals surface area contributed by atoms with Crippen molar-refractivity contribution in [2.45, 2.75) is 18.9 Å². The Morgan fingerprint density at radius 1 is 1.10 bits per heavy atom. The van der Waals surface area contributed by atoms with Crippen LogP contribution in [0.5, 0.6) is 0 Å². The Morgan fingerprint density at radius 2 is 1.93 bits per heavy atom. The molecule has 160 valence electrons. The highest BCUT2D eigenvalue weighted by Crippen LogP contribution is 2.27. The number of piperazine rings is 1. The molecule has 0 bridgehead atoms. The summed E-state index contributed by atoms with van der Waals surface area (Å²) in [5.74, 6) is -0.0277. The van der Waals surface area contributed by atoms with Crippen LogP contribution in [0.3, 0.4) is 0 Å². The topological polar surface area (TPSA) is 77.6 Å². The maximum Gasteiger partial charge on any atom is 0.321 e. The molecule has 2 aliphatic rings. The molecule has 3 amide bonds. The smallest absolute Gasteiger partial charge is 0.321 e. The van der Waals surface area contributed by atoms with E-state index >= 15 is 0 Å². The van der Waals surface area contributed by atoms with Crippen molar-refractivity contribution in [3.8, 4) is 0 Å². The molecule has 0 aliphatic carbocycles. The summed E-state index contributed by atoms with van der Waals surface area (Å²) < 4.78 is 0. The minimum Gasteiger partial charge on any atom is -0.333 e. The summed E-state index contributed by atoms with van der Waals surface area (Å²) in [6.45, 7) is 3.32. The number of amides is 3. The molecule has 4 rings (SSSR count). The number of halogens is 1. The highest BCUT2D eigenvalue weighted by Gasteiger charge is 2.35. The molecule has 0 saturated carbocycles. The third kappa shape index (κ3) is 5.09. The number of rotatable bonds is 3. The first-order valence-corrected chi connectivity index (χ1v) is 10.2. The van der Waals surface area contributed by atoms with Gasteiger partial charge in [-0.15, -0.1) is 12.4 Å². The predicted molar refractivity (Wildman–Crippen MR) is 119 cm³/mol. The quantitative estimate of drug-likeness (QED) is 0.786. The van der Waals surface area contributed by atoms with Gasteiger partial charge in [0, 0.05) is 50.8 Å². The summed E-state index contributed by atoms with van der Waals surface area (Å²) in [7, 11) is 0. The monoisotopic (exact) mass is 429 g/mol. The SMILES string of the molecule is Cl.O=C(Nc1ccccc1)N1CCCC(C(=O)N2CCNCC2c2cccnc2)C1. The number of nitrogens with zero attached hydrogens (tertiary/aromatic N) is 3. The van der Waals surface area contributed by atoms with Crippen molar-refractivity contribution in [2.24, 2.45) is 5.92 Å². The summed E-state index contributed by atoms with van der Waals surface area (Å²) in [5, 5.41) is 6.31. The number of anilines is 1. The van der Waals surface area contributed by atoms with Gasteiger partial charge in [-0.1, -0.05) is 24.3 Å². The van der Waals surface area contributed by atoms with Crippen molar-refractivity contribution >= 4 is 30.0 Å². The summed E-state index contributed by atoms with van der Waals surface area (Å²) in [4.78, 5) is 34.0. The van der Waals surface area contributed by atoms with Gasteiger partial charge in [0.15, 0.2) is 0 Å². The summed E-state index contributed by atoms with van der Waals surface area (Å²) >= 11 is 0. The van der Waals surface area contributed by atoms with Crippen LogP contribution in [0.1, 0.15) is 24.4 Å². The number of piperidine rings is 1. The van der Waals surface area contributed by atoms with E-state index in [-0.39, 0.29) is 36.3 Å². The van der Waals surface area contributed by atoms with E-state index in [1.807, 2.05) is 53.6 Å². The van der Waals surface area contributed by atoms with Gasteiger partial charge in [0.2, 0.25) is 5.91 Å². The second-order valence-corrected chi connectivity index (χ2v) is 7.62. The van der Waals surface area contributed by atoms with Gasteiger partial charge in [0.25, 0.3) is 0 Å². The van der Waals surface area contributed by atoms with E-state index in [2.05, 4.69) is 15.6 Å². The zero-order chi connectivity index (χ0) is 20.1. The van der Waals surface area contributed by atoms with Crippen LogP contribution < -0.4 is 10.6 Å². The molecular formula is C22H28ClN5O2. The van der Waals surface area contributed by atoms with Crippen LogP contribution in [-0.2, 0) is 4.79 Å². The van der Waals surface area contributed by atoms with Crippen LogP contribution >= 0.6 is 12.4 Å². The fraction of sp³-hybridized carbons (Fsp3) is 0.409. The molecule has 2 atom stereocenters. The van der Waals surface area contributed by atoms with Crippen LogP contribution in [0.15, 0.2) is 54.9 Å². The molecule has 2 saturated heterocycles. The van der Waals surface area contributed by atoms with E-state index < -0.39 is 0 Å². The van der Waals surface area contributed by atoms with Crippen LogP contribution in [0.2, 0.25) is 0 Å². The molecule has 30 heavy (non-hydrogen) atoms. The lowest BCUT2D eigenvalue weighted by atomic mass is 9.94. The molecule has 2 N–H and O–H groups in total. The molecule has 1 aromatic carbocycles. The first kappa shape index (κ1) is 22.1. The van der Waals surface area contributed by atoms with E-state index in [1.165, 1.54) is 0 Å². The molecule has 1 aromatic heterocycles. The molecule has 3 heterocycles. The largest absolute Gasteiger partial charge is 0.333 e. The number of carbonyl (C=O) groups is 2. The van der Waals surface area contributed by atoms with E-state index in [0.717, 1.165) is 37.2 Å². The molecule has 2 aromatic rings. The van der Waals surface area contributed by atoms with E-state index in [0.29, 0.717) is 19.6 Å². The second-order valence-electron chi connectivity index (χ2n) is 7.62. The van der Waals surface area contributed by atoms with E-state index in [1.54, 1.807) is 11.1 Å². The Hall–Kier alpha value is -2.64. The van der Waals surface area contributed by atoms with Gasteiger partial charge in [0.1, 0.15) is 0 Å². The number of benzene rings is 1. The predicted octanol–water partition coefficient (Wildman–Crippen LogP) is 2.92. The number of carbonyl (C=O) groups excluding carboxylic acids is 2.